The summed E-state index contributed by atoms with van der Waals surface area (Å²) in [4.78, 5) is 0. The Labute approximate surface area is 84.0 Å². The van der Waals surface area contributed by atoms with E-state index in [1.807, 2.05) is 6.07 Å². The highest BCUT2D eigenvalue weighted by Crippen LogP contribution is 2.23. The molecule has 0 fully saturated rings. The summed E-state index contributed by atoms with van der Waals surface area (Å²) in [5, 5.41) is 0. The van der Waals surface area contributed by atoms with Gasteiger partial charge in [0.15, 0.2) is 0 Å². The molecule has 0 bridgehead atoms. The number of hydrogen-bond donors (Lipinski definition) is 0. The highest BCUT2D eigenvalue weighted by atomic mass is 19.3. The Morgan fingerprint density at radius 2 is 1.86 bits per heavy atom. The van der Waals surface area contributed by atoms with Crippen LogP contribution in [0.25, 0.3) is 0 Å². The Morgan fingerprint density at radius 1 is 1.14 bits per heavy atom. The molecule has 0 N–H and O–H groups in total. The molecular formula is C12H16F2. The normalized spacial score (nSPS) is 10.9. The van der Waals surface area contributed by atoms with E-state index in [0.717, 1.165) is 31.2 Å². The SMILES string of the molecule is CCCCCc1ccccc1C(F)F. The van der Waals surface area contributed by atoms with Gasteiger partial charge in [0.1, 0.15) is 0 Å². The quantitative estimate of drug-likeness (QED) is 0.617. The summed E-state index contributed by atoms with van der Waals surface area (Å²) in [6.45, 7) is 2.11. The Hall–Kier alpha value is -0.920. The number of unbranched alkanes of at least 4 members (excludes halogenated alkanes) is 2. The van der Waals surface area contributed by atoms with E-state index in [1.165, 1.54) is 6.07 Å². The van der Waals surface area contributed by atoms with Crippen LogP contribution in [0, 0.1) is 0 Å². The molecule has 0 spiro atoms. The lowest BCUT2D eigenvalue weighted by atomic mass is 10.0. The van der Waals surface area contributed by atoms with Gasteiger partial charge in [-0.25, -0.2) is 8.78 Å². The molecule has 1 aromatic carbocycles. The second-order valence-electron chi connectivity index (χ2n) is 3.46. The van der Waals surface area contributed by atoms with Crippen LogP contribution in [0.4, 0.5) is 8.78 Å². The van der Waals surface area contributed by atoms with E-state index >= 15 is 0 Å². The van der Waals surface area contributed by atoms with Crippen molar-refractivity contribution in [2.75, 3.05) is 0 Å². The Bertz CT molecular complexity index is 269. The molecule has 0 aliphatic carbocycles. The maximum absolute atomic E-state index is 12.5. The van der Waals surface area contributed by atoms with Crippen molar-refractivity contribution >= 4 is 0 Å². The van der Waals surface area contributed by atoms with Gasteiger partial charge >= 0.3 is 0 Å². The number of benzene rings is 1. The second-order valence-corrected chi connectivity index (χ2v) is 3.46. The minimum atomic E-state index is -2.34. The number of halogens is 2. The standard InChI is InChI=1S/C12H16F2/c1-2-3-4-7-10-8-5-6-9-11(10)12(13)14/h5-6,8-9,12H,2-4,7H2,1H3. The van der Waals surface area contributed by atoms with Gasteiger partial charge in [0.05, 0.1) is 0 Å². The van der Waals surface area contributed by atoms with E-state index in [2.05, 4.69) is 6.92 Å². The fraction of sp³-hybridized carbons (Fsp3) is 0.500. The first-order valence-electron chi connectivity index (χ1n) is 5.11. The molecule has 0 aliphatic rings. The summed E-state index contributed by atoms with van der Waals surface area (Å²) in [6.07, 6.45) is 1.66. The van der Waals surface area contributed by atoms with Crippen LogP contribution in [-0.4, -0.2) is 0 Å². The van der Waals surface area contributed by atoms with Gasteiger partial charge < -0.3 is 0 Å². The fourth-order valence-electron chi connectivity index (χ4n) is 1.54. The van der Waals surface area contributed by atoms with Crippen molar-refractivity contribution in [3.05, 3.63) is 35.4 Å². The Morgan fingerprint density at radius 3 is 2.50 bits per heavy atom. The summed E-state index contributed by atoms with van der Waals surface area (Å²) in [5.41, 5.74) is 1.000. The number of rotatable bonds is 5. The van der Waals surface area contributed by atoms with Gasteiger partial charge in [0.2, 0.25) is 0 Å². The monoisotopic (exact) mass is 198 g/mol. The first-order chi connectivity index (χ1) is 6.75. The molecule has 0 atom stereocenters. The first-order valence-corrected chi connectivity index (χ1v) is 5.11. The third-order valence-electron chi connectivity index (χ3n) is 2.34. The third kappa shape index (κ3) is 3.09. The highest BCUT2D eigenvalue weighted by Gasteiger charge is 2.10. The molecule has 1 aromatic rings. The molecule has 0 aliphatic heterocycles. The van der Waals surface area contributed by atoms with Crippen molar-refractivity contribution in [1.29, 1.82) is 0 Å². The number of hydrogen-bond acceptors (Lipinski definition) is 0. The van der Waals surface area contributed by atoms with Gasteiger partial charge in [0, 0.05) is 5.56 Å². The molecule has 1 rings (SSSR count). The summed E-state index contributed by atoms with van der Waals surface area (Å²) in [6, 6.07) is 6.82. The van der Waals surface area contributed by atoms with Crippen molar-refractivity contribution in [2.45, 2.75) is 39.0 Å². The van der Waals surface area contributed by atoms with Crippen molar-refractivity contribution in [1.82, 2.24) is 0 Å². The average molecular weight is 198 g/mol. The predicted molar refractivity (Wildman–Crippen MR) is 54.6 cm³/mol. The molecule has 0 aromatic heterocycles. The molecule has 0 saturated heterocycles. The predicted octanol–water partition coefficient (Wildman–Crippen LogP) is 4.36. The lowest BCUT2D eigenvalue weighted by Crippen LogP contribution is -1.94. The van der Waals surface area contributed by atoms with E-state index < -0.39 is 6.43 Å². The summed E-state index contributed by atoms with van der Waals surface area (Å²) in [5.74, 6) is 0. The van der Waals surface area contributed by atoms with Crippen molar-refractivity contribution in [3.63, 3.8) is 0 Å². The van der Waals surface area contributed by atoms with Gasteiger partial charge in [-0.1, -0.05) is 44.0 Å². The number of aryl methyl sites for hydroxylation is 1. The fourth-order valence-corrected chi connectivity index (χ4v) is 1.54. The molecule has 0 unspecified atom stereocenters. The molecular weight excluding hydrogens is 182 g/mol. The van der Waals surface area contributed by atoms with Gasteiger partial charge in [-0.05, 0) is 18.4 Å². The minimum Gasteiger partial charge on any atom is -0.205 e. The van der Waals surface area contributed by atoms with Crippen LogP contribution in [0.15, 0.2) is 24.3 Å². The molecule has 0 amide bonds. The van der Waals surface area contributed by atoms with Crippen molar-refractivity contribution < 1.29 is 8.78 Å². The molecule has 14 heavy (non-hydrogen) atoms. The third-order valence-corrected chi connectivity index (χ3v) is 2.34. The molecule has 2 heteroatoms. The van der Waals surface area contributed by atoms with Crippen LogP contribution in [-0.2, 0) is 6.42 Å². The van der Waals surface area contributed by atoms with Crippen LogP contribution in [0.3, 0.4) is 0 Å². The Kier molecular flexibility index (Phi) is 4.57. The minimum absolute atomic E-state index is 0.198. The van der Waals surface area contributed by atoms with Crippen LogP contribution in [0.2, 0.25) is 0 Å². The zero-order valence-corrected chi connectivity index (χ0v) is 8.47. The van der Waals surface area contributed by atoms with Crippen LogP contribution >= 0.6 is 0 Å². The molecule has 0 nitrogen and oxygen atoms in total. The second kappa shape index (κ2) is 5.74. The van der Waals surface area contributed by atoms with E-state index in [-0.39, 0.29) is 5.56 Å². The molecule has 0 radical (unpaired) electrons. The number of alkyl halides is 2. The molecule has 0 saturated carbocycles. The van der Waals surface area contributed by atoms with Crippen molar-refractivity contribution in [2.24, 2.45) is 0 Å². The van der Waals surface area contributed by atoms with Crippen LogP contribution < -0.4 is 0 Å². The summed E-state index contributed by atoms with van der Waals surface area (Å²) in [7, 11) is 0. The lowest BCUT2D eigenvalue weighted by molar-refractivity contribution is 0.150. The first kappa shape index (κ1) is 11.2. The highest BCUT2D eigenvalue weighted by molar-refractivity contribution is 5.28. The van der Waals surface area contributed by atoms with Gasteiger partial charge in [-0.15, -0.1) is 0 Å². The molecule has 78 valence electrons. The summed E-state index contributed by atoms with van der Waals surface area (Å²) >= 11 is 0. The maximum atomic E-state index is 12.5. The zero-order valence-electron chi connectivity index (χ0n) is 8.47. The van der Waals surface area contributed by atoms with Gasteiger partial charge in [-0.3, -0.25) is 0 Å². The maximum Gasteiger partial charge on any atom is 0.264 e. The van der Waals surface area contributed by atoms with E-state index in [1.54, 1.807) is 12.1 Å². The molecule has 0 heterocycles. The average Bonchev–Trinajstić information content (AvgIpc) is 2.19. The summed E-state index contributed by atoms with van der Waals surface area (Å²) < 4.78 is 25.1. The zero-order chi connectivity index (χ0) is 10.4. The van der Waals surface area contributed by atoms with Gasteiger partial charge in [0.25, 0.3) is 6.43 Å². The van der Waals surface area contributed by atoms with E-state index in [4.69, 9.17) is 0 Å². The Balaban J connectivity index is 2.64. The van der Waals surface area contributed by atoms with Crippen LogP contribution in [0.5, 0.6) is 0 Å². The van der Waals surface area contributed by atoms with E-state index in [0.29, 0.717) is 0 Å². The topological polar surface area (TPSA) is 0 Å². The van der Waals surface area contributed by atoms with Crippen LogP contribution in [0.1, 0.15) is 43.7 Å². The van der Waals surface area contributed by atoms with E-state index in [9.17, 15) is 8.78 Å². The lowest BCUT2D eigenvalue weighted by Gasteiger charge is -2.07. The largest absolute Gasteiger partial charge is 0.264 e. The smallest absolute Gasteiger partial charge is 0.205 e. The van der Waals surface area contributed by atoms with Crippen molar-refractivity contribution in [3.8, 4) is 0 Å². The van der Waals surface area contributed by atoms with Gasteiger partial charge in [-0.2, -0.15) is 0 Å².